The Kier molecular flexibility index (Phi) is 5.16. The number of nitrogens with zero attached hydrogens (tertiary/aromatic N) is 3. The monoisotopic (exact) mass is 382 g/mol. The average molecular weight is 383 g/mol. The van der Waals surface area contributed by atoms with Gasteiger partial charge in [0.15, 0.2) is 0 Å². The van der Waals surface area contributed by atoms with Gasteiger partial charge in [0.25, 0.3) is 10.0 Å². The van der Waals surface area contributed by atoms with Gasteiger partial charge in [-0.3, -0.25) is 9.69 Å². The lowest BCUT2D eigenvalue weighted by Gasteiger charge is -2.34. The van der Waals surface area contributed by atoms with Crippen molar-refractivity contribution < 1.29 is 13.2 Å². The summed E-state index contributed by atoms with van der Waals surface area (Å²) in [6, 6.07) is 5.55. The van der Waals surface area contributed by atoms with E-state index < -0.39 is 15.6 Å². The van der Waals surface area contributed by atoms with E-state index in [1.54, 1.807) is 24.4 Å². The number of carbonyl (C=O) groups is 1. The highest BCUT2D eigenvalue weighted by Gasteiger charge is 2.43. The molecule has 0 bridgehead atoms. The molecule has 0 aromatic carbocycles. The van der Waals surface area contributed by atoms with Crippen molar-refractivity contribution >= 4 is 27.3 Å². The Morgan fingerprint density at radius 2 is 2.08 bits per heavy atom. The van der Waals surface area contributed by atoms with Crippen molar-refractivity contribution in [3.8, 4) is 6.07 Å². The molecule has 1 atom stereocenters. The van der Waals surface area contributed by atoms with Crippen molar-refractivity contribution in [1.29, 1.82) is 5.26 Å². The van der Waals surface area contributed by atoms with Gasteiger partial charge in [-0.15, -0.1) is 11.3 Å². The van der Waals surface area contributed by atoms with Crippen molar-refractivity contribution in [1.82, 2.24) is 14.5 Å². The Morgan fingerprint density at radius 1 is 1.40 bits per heavy atom. The van der Waals surface area contributed by atoms with E-state index in [0.717, 1.165) is 12.8 Å². The van der Waals surface area contributed by atoms with E-state index in [2.05, 4.69) is 11.4 Å². The molecule has 2 fully saturated rings. The van der Waals surface area contributed by atoms with Crippen LogP contribution in [0.4, 0.5) is 0 Å². The van der Waals surface area contributed by atoms with Crippen LogP contribution >= 0.6 is 11.3 Å². The molecular formula is C16H22N4O3S2. The highest BCUT2D eigenvalue weighted by atomic mass is 32.2. The van der Waals surface area contributed by atoms with Gasteiger partial charge >= 0.3 is 0 Å². The molecule has 7 nitrogen and oxygen atoms in total. The van der Waals surface area contributed by atoms with Crippen LogP contribution < -0.4 is 5.32 Å². The zero-order valence-electron chi connectivity index (χ0n) is 14.1. The zero-order chi connectivity index (χ0) is 18.1. The van der Waals surface area contributed by atoms with Gasteiger partial charge in [0, 0.05) is 26.2 Å². The van der Waals surface area contributed by atoms with Gasteiger partial charge in [0.2, 0.25) is 5.91 Å². The smallest absolute Gasteiger partial charge is 0.252 e. The minimum absolute atomic E-state index is 0.175. The van der Waals surface area contributed by atoms with Gasteiger partial charge in [-0.2, -0.15) is 9.57 Å². The maximum Gasteiger partial charge on any atom is 0.252 e. The molecule has 25 heavy (non-hydrogen) atoms. The van der Waals surface area contributed by atoms with Crippen LogP contribution in [0.2, 0.25) is 0 Å². The number of thiophene rings is 1. The summed E-state index contributed by atoms with van der Waals surface area (Å²) in [4.78, 5) is 14.2. The zero-order valence-corrected chi connectivity index (χ0v) is 15.8. The van der Waals surface area contributed by atoms with Gasteiger partial charge in [-0.05, 0) is 37.1 Å². The highest BCUT2D eigenvalue weighted by molar-refractivity contribution is 7.91. The van der Waals surface area contributed by atoms with Gasteiger partial charge in [-0.1, -0.05) is 6.07 Å². The molecule has 136 valence electrons. The standard InChI is InChI=1S/C16H22N4O3S2/c1-16(12-17,13-4-5-13)18-14(21)11-19-6-8-20(9-7-19)25(22,23)15-3-2-10-24-15/h2-3,10,13H,4-9,11H2,1H3,(H,18,21)/t16-/m1/s1. The molecule has 3 rings (SSSR count). The van der Waals surface area contributed by atoms with Crippen LogP contribution in [-0.2, 0) is 14.8 Å². The maximum atomic E-state index is 12.5. The van der Waals surface area contributed by atoms with Crippen molar-refractivity contribution in [3.05, 3.63) is 17.5 Å². The molecule has 1 aromatic rings. The number of amides is 1. The largest absolute Gasteiger partial charge is 0.337 e. The molecular weight excluding hydrogens is 360 g/mol. The number of hydrogen-bond donors (Lipinski definition) is 1. The third-order valence-electron chi connectivity index (χ3n) is 4.81. The molecule has 1 aromatic heterocycles. The molecule has 1 aliphatic heterocycles. The van der Waals surface area contributed by atoms with E-state index in [1.165, 1.54) is 15.6 Å². The number of rotatable bonds is 6. The topological polar surface area (TPSA) is 93.5 Å². The van der Waals surface area contributed by atoms with Crippen LogP contribution in [0.15, 0.2) is 21.7 Å². The number of hydrogen-bond acceptors (Lipinski definition) is 6. The summed E-state index contributed by atoms with van der Waals surface area (Å²) in [5.74, 6) is 0.0692. The molecule has 1 aliphatic carbocycles. The lowest BCUT2D eigenvalue weighted by atomic mass is 9.98. The normalized spacial score (nSPS) is 22.1. The third-order valence-corrected chi connectivity index (χ3v) is 8.08. The predicted octanol–water partition coefficient (Wildman–Crippen LogP) is 0.863. The molecule has 1 N–H and O–H groups in total. The van der Waals surface area contributed by atoms with E-state index in [-0.39, 0.29) is 18.4 Å². The molecule has 1 amide bonds. The van der Waals surface area contributed by atoms with E-state index in [1.807, 2.05) is 4.90 Å². The Bertz CT molecular complexity index is 760. The number of nitriles is 1. The first-order valence-electron chi connectivity index (χ1n) is 8.33. The summed E-state index contributed by atoms with van der Waals surface area (Å²) >= 11 is 1.21. The Morgan fingerprint density at radius 3 is 2.60 bits per heavy atom. The first-order valence-corrected chi connectivity index (χ1v) is 10.7. The fourth-order valence-electron chi connectivity index (χ4n) is 3.08. The number of carbonyl (C=O) groups excluding carboxylic acids is 1. The third kappa shape index (κ3) is 4.03. The summed E-state index contributed by atoms with van der Waals surface area (Å²) in [5, 5.41) is 13.9. The van der Waals surface area contributed by atoms with Crippen molar-refractivity contribution in [2.75, 3.05) is 32.7 Å². The first-order chi connectivity index (χ1) is 11.8. The molecule has 2 aliphatic rings. The quantitative estimate of drug-likeness (QED) is 0.788. The second-order valence-electron chi connectivity index (χ2n) is 6.75. The van der Waals surface area contributed by atoms with Crippen LogP contribution in [-0.4, -0.2) is 61.8 Å². The Labute approximate surface area is 152 Å². The van der Waals surface area contributed by atoms with Crippen LogP contribution in [0.1, 0.15) is 19.8 Å². The number of sulfonamides is 1. The van der Waals surface area contributed by atoms with Crippen molar-refractivity contribution in [3.63, 3.8) is 0 Å². The summed E-state index contributed by atoms with van der Waals surface area (Å²) in [5.41, 5.74) is -0.790. The minimum Gasteiger partial charge on any atom is -0.337 e. The molecule has 0 unspecified atom stereocenters. The summed E-state index contributed by atoms with van der Waals surface area (Å²) in [6.07, 6.45) is 1.95. The minimum atomic E-state index is -3.42. The van der Waals surface area contributed by atoms with Crippen LogP contribution in [0.3, 0.4) is 0 Å². The molecule has 0 radical (unpaired) electrons. The van der Waals surface area contributed by atoms with E-state index in [4.69, 9.17) is 0 Å². The first kappa shape index (κ1) is 18.3. The maximum absolute atomic E-state index is 12.5. The van der Waals surface area contributed by atoms with E-state index in [9.17, 15) is 18.5 Å². The predicted molar refractivity (Wildman–Crippen MR) is 94.4 cm³/mol. The molecule has 1 saturated heterocycles. The SMILES string of the molecule is C[C@](C#N)(NC(=O)CN1CCN(S(=O)(=O)c2cccs2)CC1)C1CC1. The van der Waals surface area contributed by atoms with E-state index >= 15 is 0 Å². The van der Waals surface area contributed by atoms with Gasteiger partial charge in [-0.25, -0.2) is 8.42 Å². The van der Waals surface area contributed by atoms with Gasteiger partial charge in [0.1, 0.15) is 9.75 Å². The second kappa shape index (κ2) is 7.03. The van der Waals surface area contributed by atoms with Crippen LogP contribution in [0.5, 0.6) is 0 Å². The second-order valence-corrected chi connectivity index (χ2v) is 9.86. The number of piperazine rings is 1. The lowest BCUT2D eigenvalue weighted by Crippen LogP contribution is -2.54. The lowest BCUT2D eigenvalue weighted by molar-refractivity contribution is -0.123. The fraction of sp³-hybridized carbons (Fsp3) is 0.625. The van der Waals surface area contributed by atoms with Crippen LogP contribution in [0, 0.1) is 17.2 Å². The number of nitrogens with one attached hydrogen (secondary N) is 1. The summed E-state index contributed by atoms with van der Waals surface area (Å²) in [7, 11) is -3.42. The van der Waals surface area contributed by atoms with Crippen molar-refractivity contribution in [2.24, 2.45) is 5.92 Å². The summed E-state index contributed by atoms with van der Waals surface area (Å²) < 4.78 is 26.8. The summed E-state index contributed by atoms with van der Waals surface area (Å²) in [6.45, 7) is 3.71. The van der Waals surface area contributed by atoms with E-state index in [0.29, 0.717) is 30.4 Å². The molecule has 2 heterocycles. The Balaban J connectivity index is 1.51. The molecule has 0 spiro atoms. The van der Waals surface area contributed by atoms with Gasteiger partial charge < -0.3 is 5.32 Å². The molecule has 1 saturated carbocycles. The average Bonchev–Trinajstić information content (AvgIpc) is 3.30. The van der Waals surface area contributed by atoms with Crippen LogP contribution in [0.25, 0.3) is 0 Å². The van der Waals surface area contributed by atoms with Gasteiger partial charge in [0.05, 0.1) is 12.6 Å². The van der Waals surface area contributed by atoms with Crippen molar-refractivity contribution in [2.45, 2.75) is 29.5 Å². The highest BCUT2D eigenvalue weighted by Crippen LogP contribution is 2.39. The molecule has 9 heteroatoms. The Hall–Kier alpha value is -1.47. The fourth-order valence-corrected chi connectivity index (χ4v) is 5.65.